The molecule has 0 amide bonds. The van der Waals surface area contributed by atoms with Crippen LogP contribution >= 0.6 is 0 Å². The van der Waals surface area contributed by atoms with Gasteiger partial charge in [0.25, 0.3) is 0 Å². The molecular weight excluding hydrogens is 199 g/mol. The first-order valence-electron chi connectivity index (χ1n) is 0. The van der Waals surface area contributed by atoms with Crippen molar-refractivity contribution in [3.05, 3.63) is 0 Å². The Morgan fingerprint density at radius 1 is 0.600 bits per heavy atom. The molecule has 3 nitrogen and oxygen atoms in total. The van der Waals surface area contributed by atoms with Crippen molar-refractivity contribution in [3.63, 3.8) is 0 Å². The summed E-state index contributed by atoms with van der Waals surface area (Å²) in [5.74, 6) is 0. The molecule has 6 N–H and O–H groups in total. The molecule has 0 aromatic heterocycles. The fraction of sp³-hybridized carbons (Fsp3) is 1.00. The zero-order valence-corrected chi connectivity index (χ0v) is 5.70. The van der Waals surface area contributed by atoms with Gasteiger partial charge in [0.15, 0.2) is 0 Å². The van der Waals surface area contributed by atoms with E-state index in [0.29, 0.717) is 0 Å². The van der Waals surface area contributed by atoms with Crippen LogP contribution in [0.25, 0.3) is 0 Å². The molecule has 0 atom stereocenters. The van der Waals surface area contributed by atoms with Crippen LogP contribution < -0.4 is 0 Å². The van der Waals surface area contributed by atoms with E-state index >= 15 is 0 Å². The normalized spacial score (nSPS) is 0. The van der Waals surface area contributed by atoms with E-state index < -0.39 is 0 Å². The summed E-state index contributed by atoms with van der Waals surface area (Å²) in [5.41, 5.74) is 0. The van der Waals surface area contributed by atoms with Crippen molar-refractivity contribution >= 4 is 0 Å². The summed E-state index contributed by atoms with van der Waals surface area (Å²) in [6.07, 6.45) is 0. The van der Waals surface area contributed by atoms with Crippen molar-refractivity contribution in [1.82, 2.24) is 0 Å². The predicted molar refractivity (Wildman–Crippen MR) is 17.6 cm³/mol. The molecule has 0 saturated carbocycles. The van der Waals surface area contributed by atoms with E-state index in [1.54, 1.807) is 0 Å². The summed E-state index contributed by atoms with van der Waals surface area (Å²) in [4.78, 5) is 0. The van der Waals surface area contributed by atoms with Crippen LogP contribution in [0.2, 0.25) is 0 Å². The van der Waals surface area contributed by atoms with E-state index in [1.165, 1.54) is 0 Å². The van der Waals surface area contributed by atoms with Gasteiger partial charge in [-0.15, -0.1) is 0 Å². The Labute approximate surface area is 59.3 Å². The third kappa shape index (κ3) is 41.5. The van der Waals surface area contributed by atoms with E-state index in [4.69, 9.17) is 0 Å². The predicted octanol–water partition coefficient (Wildman–Crippen LogP) is -1.84. The minimum atomic E-state index is 0. The number of hydrogen-bond acceptors (Lipinski definition) is 0. The molecular formula is CH10LaO3. The molecule has 1 radical (unpaired) electrons. The quantitative estimate of drug-likeness (QED) is 0.448. The molecule has 4 heteroatoms. The maximum Gasteiger partial charge on any atom is 0 e. The summed E-state index contributed by atoms with van der Waals surface area (Å²) in [5, 5.41) is 0. The fourth-order valence-corrected chi connectivity index (χ4v) is 0. The number of rotatable bonds is 0. The van der Waals surface area contributed by atoms with Gasteiger partial charge in [0.2, 0.25) is 0 Å². The average molecular weight is 209 g/mol. The smallest absolute Gasteiger partial charge is 0 e. The summed E-state index contributed by atoms with van der Waals surface area (Å²) in [7, 11) is 0. The van der Waals surface area contributed by atoms with Crippen molar-refractivity contribution in [2.45, 2.75) is 7.43 Å². The van der Waals surface area contributed by atoms with Crippen LogP contribution in [0.15, 0.2) is 0 Å². The maximum absolute atomic E-state index is 0. The van der Waals surface area contributed by atoms with Crippen LogP contribution in [-0.4, -0.2) is 16.4 Å². The molecule has 0 aliphatic carbocycles. The Bertz CT molecular complexity index is 6.85. The Hall–Kier alpha value is 1.07. The van der Waals surface area contributed by atoms with Crippen molar-refractivity contribution in [3.8, 4) is 0 Å². The van der Waals surface area contributed by atoms with Crippen LogP contribution in [0.5, 0.6) is 0 Å². The first-order chi connectivity index (χ1) is 0. The second kappa shape index (κ2) is 72.9. The van der Waals surface area contributed by atoms with Gasteiger partial charge in [-0.3, -0.25) is 0 Å². The Morgan fingerprint density at radius 3 is 0.600 bits per heavy atom. The van der Waals surface area contributed by atoms with E-state index in [-0.39, 0.29) is 59.5 Å². The van der Waals surface area contributed by atoms with Gasteiger partial charge in [-0.2, -0.15) is 0 Å². The first kappa shape index (κ1) is 135. The fourth-order valence-electron chi connectivity index (χ4n) is 0. The maximum atomic E-state index is 0. The molecule has 0 rings (SSSR count). The molecule has 5 heavy (non-hydrogen) atoms. The third-order valence-corrected chi connectivity index (χ3v) is 0. The van der Waals surface area contributed by atoms with Crippen LogP contribution in [0.1, 0.15) is 7.43 Å². The zero-order chi connectivity index (χ0) is 0. The number of hydrogen-bond donors (Lipinski definition) is 0. The van der Waals surface area contributed by atoms with E-state index in [2.05, 4.69) is 0 Å². The SMILES string of the molecule is C.O.O.O.[La]. The molecule has 0 fully saturated rings. The first-order valence-corrected chi connectivity index (χ1v) is 0. The van der Waals surface area contributed by atoms with Gasteiger partial charge in [-0.05, 0) is 0 Å². The van der Waals surface area contributed by atoms with Crippen LogP contribution in [0, 0.1) is 35.6 Å². The molecule has 0 aliphatic rings. The van der Waals surface area contributed by atoms with Gasteiger partial charge in [-0.1, -0.05) is 7.43 Å². The molecule has 0 saturated heterocycles. The Morgan fingerprint density at radius 2 is 0.600 bits per heavy atom. The van der Waals surface area contributed by atoms with Gasteiger partial charge in [0.1, 0.15) is 0 Å². The second-order valence-electron chi connectivity index (χ2n) is 0. The largest absolute Gasteiger partial charge is 0.412 e. The van der Waals surface area contributed by atoms with Crippen LogP contribution in [-0.2, 0) is 0 Å². The average Bonchev–Trinajstić information content (AvgIpc) is 0. The van der Waals surface area contributed by atoms with Crippen molar-refractivity contribution in [2.24, 2.45) is 0 Å². The van der Waals surface area contributed by atoms with E-state index in [9.17, 15) is 0 Å². The van der Waals surface area contributed by atoms with Crippen molar-refractivity contribution in [1.29, 1.82) is 0 Å². The van der Waals surface area contributed by atoms with E-state index in [0.717, 1.165) is 0 Å². The molecule has 35 valence electrons. The van der Waals surface area contributed by atoms with E-state index in [1.807, 2.05) is 0 Å². The Kier molecular flexibility index (Phi) is 1980. The summed E-state index contributed by atoms with van der Waals surface area (Å²) >= 11 is 0. The van der Waals surface area contributed by atoms with Gasteiger partial charge in [0.05, 0.1) is 0 Å². The Balaban J connectivity index is 0. The third-order valence-electron chi connectivity index (χ3n) is 0. The molecule has 0 aromatic rings. The summed E-state index contributed by atoms with van der Waals surface area (Å²) < 4.78 is 0. The van der Waals surface area contributed by atoms with Gasteiger partial charge >= 0.3 is 0 Å². The molecule has 0 bridgehead atoms. The molecule has 0 unspecified atom stereocenters. The summed E-state index contributed by atoms with van der Waals surface area (Å²) in [6, 6.07) is 0. The molecule has 0 heterocycles. The minimum absolute atomic E-state index is 0. The molecule has 0 aromatic carbocycles. The standard InChI is InChI=1S/CH4.La.3H2O/h1H4;;3*1H2. The zero-order valence-electron chi connectivity index (χ0n) is 2.08. The monoisotopic (exact) mass is 209 g/mol. The van der Waals surface area contributed by atoms with Gasteiger partial charge in [-0.25, -0.2) is 0 Å². The van der Waals surface area contributed by atoms with Crippen molar-refractivity contribution < 1.29 is 52.0 Å². The second-order valence-corrected chi connectivity index (χ2v) is 0. The van der Waals surface area contributed by atoms with Crippen molar-refractivity contribution in [2.75, 3.05) is 0 Å². The van der Waals surface area contributed by atoms with Gasteiger partial charge < -0.3 is 16.4 Å². The van der Waals surface area contributed by atoms with Crippen LogP contribution in [0.3, 0.4) is 0 Å². The summed E-state index contributed by atoms with van der Waals surface area (Å²) in [6.45, 7) is 0. The molecule has 0 aliphatic heterocycles. The minimum Gasteiger partial charge on any atom is -0.412 e. The van der Waals surface area contributed by atoms with Gasteiger partial charge in [0, 0.05) is 35.6 Å². The molecule has 0 spiro atoms. The van der Waals surface area contributed by atoms with Crippen LogP contribution in [0.4, 0.5) is 0 Å². The topological polar surface area (TPSA) is 94.5 Å².